The van der Waals surface area contributed by atoms with E-state index in [1.165, 1.54) is 44.4 Å². The van der Waals surface area contributed by atoms with Crippen molar-refractivity contribution in [2.45, 2.75) is 11.5 Å². The van der Waals surface area contributed by atoms with Gasteiger partial charge in [-0.25, -0.2) is 22.3 Å². The van der Waals surface area contributed by atoms with Crippen LogP contribution in [0.5, 0.6) is 11.5 Å². The van der Waals surface area contributed by atoms with E-state index >= 15 is 0 Å². The summed E-state index contributed by atoms with van der Waals surface area (Å²) >= 11 is 0. The minimum absolute atomic E-state index is 0.0153. The lowest BCUT2D eigenvalue weighted by atomic mass is 10.1. The highest BCUT2D eigenvalue weighted by atomic mass is 32.2. The van der Waals surface area contributed by atoms with Gasteiger partial charge in [0, 0.05) is 46.0 Å². The lowest BCUT2D eigenvalue weighted by Crippen LogP contribution is -2.49. The average molecular weight is 596 g/mol. The Morgan fingerprint density at radius 3 is 2.31 bits per heavy atom. The quantitative estimate of drug-likeness (QED) is 0.420. The molecule has 1 aliphatic rings. The summed E-state index contributed by atoms with van der Waals surface area (Å²) < 4.78 is 53.1. The fraction of sp³-hybridized carbons (Fsp3) is 0.276. The van der Waals surface area contributed by atoms with Crippen molar-refractivity contribution < 1.29 is 31.9 Å². The highest BCUT2D eigenvalue weighted by molar-refractivity contribution is 7.90. The molecule has 42 heavy (non-hydrogen) atoms. The van der Waals surface area contributed by atoms with Gasteiger partial charge < -0.3 is 24.2 Å². The monoisotopic (exact) mass is 595 g/mol. The average Bonchev–Trinajstić information content (AvgIpc) is 2.99. The summed E-state index contributed by atoms with van der Waals surface area (Å²) in [6.45, 7) is 1.41. The number of hydrogen-bond acceptors (Lipinski definition) is 8. The third-order valence-electron chi connectivity index (χ3n) is 6.68. The molecule has 1 aliphatic heterocycles. The van der Waals surface area contributed by atoms with Crippen molar-refractivity contribution in [3.8, 4) is 17.6 Å². The second-order valence-electron chi connectivity index (χ2n) is 9.65. The molecule has 0 radical (unpaired) electrons. The minimum atomic E-state index is -4.29. The highest BCUT2D eigenvalue weighted by Gasteiger charge is 2.28. The Bertz CT molecular complexity index is 1610. The number of methoxy groups -OCH3 is 1. The number of ether oxygens (including phenoxy) is 2. The van der Waals surface area contributed by atoms with Crippen LogP contribution in [0.1, 0.15) is 21.5 Å². The van der Waals surface area contributed by atoms with E-state index in [1.807, 2.05) is 9.62 Å². The zero-order valence-corrected chi connectivity index (χ0v) is 24.2. The first-order chi connectivity index (χ1) is 20.0. The van der Waals surface area contributed by atoms with Crippen molar-refractivity contribution in [3.05, 3.63) is 83.2 Å². The normalized spacial score (nSPS) is 13.2. The molecule has 0 aromatic heterocycles. The number of urea groups is 1. The topological polar surface area (TPSA) is 132 Å². The van der Waals surface area contributed by atoms with Crippen LogP contribution < -0.4 is 19.1 Å². The summed E-state index contributed by atoms with van der Waals surface area (Å²) in [7, 11) is 0.0816. The maximum absolute atomic E-state index is 14.2. The molecule has 3 amide bonds. The highest BCUT2D eigenvalue weighted by Crippen LogP contribution is 2.27. The van der Waals surface area contributed by atoms with Crippen LogP contribution in [0.15, 0.2) is 65.6 Å². The maximum Gasteiger partial charge on any atom is 0.330 e. The van der Waals surface area contributed by atoms with E-state index in [4.69, 9.17) is 14.7 Å². The number of nitrogens with zero attached hydrogens (tertiary/aromatic N) is 4. The molecule has 0 spiro atoms. The van der Waals surface area contributed by atoms with Gasteiger partial charge in [-0.2, -0.15) is 5.26 Å². The maximum atomic E-state index is 14.2. The molecule has 1 saturated heterocycles. The second kappa shape index (κ2) is 12.8. The Morgan fingerprint density at radius 2 is 1.71 bits per heavy atom. The van der Waals surface area contributed by atoms with Crippen molar-refractivity contribution in [1.29, 1.82) is 5.26 Å². The van der Waals surface area contributed by atoms with Gasteiger partial charge in [-0.15, -0.1) is 0 Å². The third kappa shape index (κ3) is 6.90. The van der Waals surface area contributed by atoms with Gasteiger partial charge in [-0.05, 0) is 54.1 Å². The predicted molar refractivity (Wildman–Crippen MR) is 152 cm³/mol. The Hall–Kier alpha value is -4.83. The van der Waals surface area contributed by atoms with Crippen LogP contribution in [0, 0.1) is 17.1 Å². The SMILES string of the molecule is COc1ccc(COc2ccc(S(=O)(=O)NC(=O)N(C)C)cc2C(=O)N2CCN(c3ccc(C#N)c(F)c3)CC2)cc1. The van der Waals surface area contributed by atoms with E-state index in [0.717, 1.165) is 10.5 Å². The Kier molecular flexibility index (Phi) is 9.17. The number of amides is 3. The Balaban J connectivity index is 1.57. The Morgan fingerprint density at radius 1 is 1.02 bits per heavy atom. The standard InChI is InChI=1S/C29H30FN5O6S/c1-33(2)29(37)32-42(38,39)24-10-11-27(41-19-20-4-8-23(40-3)9-5-20)25(17-24)28(36)35-14-12-34(13-15-35)22-7-6-21(18-31)26(30)16-22/h4-11,16-17H,12-15,19H2,1-3H3,(H,32,37). The van der Waals surface area contributed by atoms with Gasteiger partial charge in [0.05, 0.1) is 23.1 Å². The molecule has 11 nitrogen and oxygen atoms in total. The molecular formula is C29H30FN5O6S. The molecule has 0 saturated carbocycles. The zero-order chi connectivity index (χ0) is 30.4. The molecule has 13 heteroatoms. The number of sulfonamides is 1. The summed E-state index contributed by atoms with van der Waals surface area (Å²) in [6.07, 6.45) is 0. The largest absolute Gasteiger partial charge is 0.497 e. The van der Waals surface area contributed by atoms with Crippen molar-refractivity contribution >= 4 is 27.6 Å². The minimum Gasteiger partial charge on any atom is -0.497 e. The molecule has 0 atom stereocenters. The number of rotatable bonds is 8. The fourth-order valence-corrected chi connectivity index (χ4v) is 5.30. The molecule has 1 heterocycles. The molecule has 0 unspecified atom stereocenters. The molecule has 1 N–H and O–H groups in total. The number of hydrogen-bond donors (Lipinski definition) is 1. The zero-order valence-electron chi connectivity index (χ0n) is 23.3. The van der Waals surface area contributed by atoms with Crippen LogP contribution in [-0.2, 0) is 16.6 Å². The van der Waals surface area contributed by atoms with Crippen molar-refractivity contribution in [1.82, 2.24) is 14.5 Å². The van der Waals surface area contributed by atoms with Gasteiger partial charge in [-0.3, -0.25) is 4.79 Å². The molecule has 220 valence electrons. The van der Waals surface area contributed by atoms with Crippen LogP contribution in [-0.4, -0.2) is 77.5 Å². The van der Waals surface area contributed by atoms with Crippen LogP contribution in [0.4, 0.5) is 14.9 Å². The molecule has 0 bridgehead atoms. The third-order valence-corrected chi connectivity index (χ3v) is 8.00. The van der Waals surface area contributed by atoms with E-state index in [-0.39, 0.29) is 41.5 Å². The number of carbonyl (C=O) groups is 2. The number of halogens is 1. The molecule has 1 fully saturated rings. The molecule has 4 rings (SSSR count). The van der Waals surface area contributed by atoms with E-state index in [9.17, 15) is 22.4 Å². The van der Waals surface area contributed by atoms with Gasteiger partial charge in [0.2, 0.25) is 0 Å². The summed E-state index contributed by atoms with van der Waals surface area (Å²) in [5.74, 6) is -0.231. The number of carbonyl (C=O) groups excluding carboxylic acids is 2. The van der Waals surface area contributed by atoms with Crippen molar-refractivity contribution in [2.75, 3.05) is 52.3 Å². The lowest BCUT2D eigenvalue weighted by molar-refractivity contribution is 0.0741. The second-order valence-corrected chi connectivity index (χ2v) is 11.3. The smallest absolute Gasteiger partial charge is 0.330 e. The van der Waals surface area contributed by atoms with E-state index in [0.29, 0.717) is 24.5 Å². The first kappa shape index (κ1) is 30.1. The summed E-state index contributed by atoms with van der Waals surface area (Å²) in [4.78, 5) is 30.0. The van der Waals surface area contributed by atoms with E-state index in [1.54, 1.807) is 48.4 Å². The summed E-state index contributed by atoms with van der Waals surface area (Å²) in [5.41, 5.74) is 1.35. The van der Waals surface area contributed by atoms with Crippen LogP contribution in [0.3, 0.4) is 0 Å². The fourth-order valence-electron chi connectivity index (χ4n) is 4.25. The number of anilines is 1. The van der Waals surface area contributed by atoms with Crippen LogP contribution in [0.25, 0.3) is 0 Å². The van der Waals surface area contributed by atoms with E-state index < -0.39 is 27.8 Å². The predicted octanol–water partition coefficient (Wildman–Crippen LogP) is 3.21. The van der Waals surface area contributed by atoms with Crippen molar-refractivity contribution in [3.63, 3.8) is 0 Å². The number of benzene rings is 3. The lowest BCUT2D eigenvalue weighted by Gasteiger charge is -2.36. The summed E-state index contributed by atoms with van der Waals surface area (Å²) in [5, 5.41) is 8.98. The number of piperazine rings is 1. The van der Waals surface area contributed by atoms with E-state index in [2.05, 4.69) is 0 Å². The van der Waals surface area contributed by atoms with Gasteiger partial charge in [-0.1, -0.05) is 12.1 Å². The first-order valence-corrected chi connectivity index (χ1v) is 14.4. The molecular weight excluding hydrogens is 565 g/mol. The van der Waals surface area contributed by atoms with Gasteiger partial charge in [0.1, 0.15) is 30.0 Å². The van der Waals surface area contributed by atoms with Crippen molar-refractivity contribution in [2.24, 2.45) is 0 Å². The Labute approximate surface area is 243 Å². The van der Waals surface area contributed by atoms with Crippen LogP contribution >= 0.6 is 0 Å². The number of nitriles is 1. The molecule has 3 aromatic rings. The van der Waals surface area contributed by atoms with Crippen LogP contribution in [0.2, 0.25) is 0 Å². The first-order valence-electron chi connectivity index (χ1n) is 12.9. The molecule has 0 aliphatic carbocycles. The van der Waals surface area contributed by atoms with Gasteiger partial charge in [0.15, 0.2) is 0 Å². The summed E-state index contributed by atoms with van der Waals surface area (Å²) in [6, 6.07) is 16.3. The number of nitrogens with one attached hydrogen (secondary N) is 1. The van der Waals surface area contributed by atoms with Gasteiger partial charge in [0.25, 0.3) is 15.9 Å². The molecule has 3 aromatic carbocycles. The van der Waals surface area contributed by atoms with Gasteiger partial charge >= 0.3 is 6.03 Å².